The van der Waals surface area contributed by atoms with Crippen LogP contribution in [-0.4, -0.2) is 15.7 Å². The lowest BCUT2D eigenvalue weighted by Crippen LogP contribution is -2.18. The van der Waals surface area contributed by atoms with Gasteiger partial charge in [0, 0.05) is 18.3 Å². The predicted molar refractivity (Wildman–Crippen MR) is 65.1 cm³/mol. The number of carbonyl (C=O) groups is 1. The van der Waals surface area contributed by atoms with Gasteiger partial charge in [-0.3, -0.25) is 9.48 Å². The summed E-state index contributed by atoms with van der Waals surface area (Å²) >= 11 is 0. The van der Waals surface area contributed by atoms with Gasteiger partial charge in [-0.25, -0.2) is 8.78 Å². The van der Waals surface area contributed by atoms with Crippen molar-refractivity contribution >= 4 is 11.6 Å². The summed E-state index contributed by atoms with van der Waals surface area (Å²) in [4.78, 5) is 10.7. The van der Waals surface area contributed by atoms with Crippen molar-refractivity contribution < 1.29 is 13.6 Å². The Hall–Kier alpha value is -2.44. The van der Waals surface area contributed by atoms with Gasteiger partial charge in [0.25, 0.3) is 0 Å². The van der Waals surface area contributed by atoms with Gasteiger partial charge in [0.05, 0.1) is 11.9 Å². The maximum Gasteiger partial charge on any atom is 0.239 e. The highest BCUT2D eigenvalue weighted by atomic mass is 19.2. The molecule has 0 fully saturated rings. The summed E-state index contributed by atoms with van der Waals surface area (Å²) < 4.78 is 27.7. The third-order valence-corrected chi connectivity index (χ3v) is 2.47. The third kappa shape index (κ3) is 3.27. The maximum atomic E-state index is 13.4. The van der Waals surface area contributed by atoms with E-state index in [2.05, 4.69) is 10.4 Å². The van der Waals surface area contributed by atoms with Gasteiger partial charge in [-0.15, -0.1) is 0 Å². The summed E-state index contributed by atoms with van der Waals surface area (Å²) in [7, 11) is 0. The summed E-state index contributed by atoms with van der Waals surface area (Å²) in [5.41, 5.74) is 5.82. The molecule has 19 heavy (non-hydrogen) atoms. The first-order valence-corrected chi connectivity index (χ1v) is 5.54. The lowest BCUT2D eigenvalue weighted by molar-refractivity contribution is -0.118. The van der Waals surface area contributed by atoms with Gasteiger partial charge in [0.1, 0.15) is 6.54 Å². The number of primary amides is 1. The van der Waals surface area contributed by atoms with E-state index in [1.807, 2.05) is 0 Å². The Morgan fingerprint density at radius 3 is 2.95 bits per heavy atom. The molecule has 0 unspecified atom stereocenters. The van der Waals surface area contributed by atoms with Crippen LogP contribution in [0, 0.1) is 11.6 Å². The number of rotatable bonds is 5. The van der Waals surface area contributed by atoms with Crippen molar-refractivity contribution in [3.05, 3.63) is 47.8 Å². The van der Waals surface area contributed by atoms with E-state index in [1.165, 1.54) is 23.0 Å². The quantitative estimate of drug-likeness (QED) is 0.855. The van der Waals surface area contributed by atoms with Crippen LogP contribution in [-0.2, 0) is 17.9 Å². The van der Waals surface area contributed by atoms with Crippen LogP contribution in [0.3, 0.4) is 0 Å². The smallest absolute Gasteiger partial charge is 0.239 e. The number of amides is 1. The number of nitrogens with two attached hydrogens (primary N) is 1. The van der Waals surface area contributed by atoms with Gasteiger partial charge in [-0.05, 0) is 6.07 Å². The monoisotopic (exact) mass is 266 g/mol. The van der Waals surface area contributed by atoms with Crippen LogP contribution in [0.1, 0.15) is 5.56 Å². The minimum absolute atomic E-state index is 0.0317. The fourth-order valence-corrected chi connectivity index (χ4v) is 1.58. The molecule has 0 aliphatic rings. The van der Waals surface area contributed by atoms with Crippen molar-refractivity contribution in [3.8, 4) is 0 Å². The van der Waals surface area contributed by atoms with Gasteiger partial charge in [0.15, 0.2) is 11.6 Å². The van der Waals surface area contributed by atoms with Gasteiger partial charge in [0.2, 0.25) is 5.91 Å². The maximum absolute atomic E-state index is 13.4. The van der Waals surface area contributed by atoms with E-state index in [4.69, 9.17) is 5.73 Å². The number of nitrogens with zero attached hydrogens (tertiary/aromatic N) is 2. The molecule has 1 aromatic carbocycles. The molecule has 1 amide bonds. The second-order valence-corrected chi connectivity index (χ2v) is 3.96. The van der Waals surface area contributed by atoms with Crippen LogP contribution in [0.25, 0.3) is 0 Å². The van der Waals surface area contributed by atoms with E-state index in [1.54, 1.807) is 6.20 Å². The van der Waals surface area contributed by atoms with E-state index < -0.39 is 17.5 Å². The fourth-order valence-electron chi connectivity index (χ4n) is 1.58. The number of nitrogens with one attached hydrogen (secondary N) is 1. The molecule has 0 spiro atoms. The normalized spacial score (nSPS) is 10.4. The lowest BCUT2D eigenvalue weighted by Gasteiger charge is -2.05. The lowest BCUT2D eigenvalue weighted by atomic mass is 10.2. The molecule has 0 radical (unpaired) electrons. The zero-order chi connectivity index (χ0) is 13.8. The summed E-state index contributed by atoms with van der Waals surface area (Å²) in [5.74, 6) is -2.27. The molecule has 0 saturated carbocycles. The summed E-state index contributed by atoms with van der Waals surface area (Å²) in [6.45, 7) is 0.0852. The SMILES string of the molecule is NC(=O)Cn1cc(NCc2cccc(F)c2F)cn1. The van der Waals surface area contributed by atoms with Crippen LogP contribution in [0.5, 0.6) is 0 Å². The molecule has 1 heterocycles. The molecule has 2 aromatic rings. The Balaban J connectivity index is 2.00. The highest BCUT2D eigenvalue weighted by Gasteiger charge is 2.07. The largest absolute Gasteiger partial charge is 0.378 e. The van der Waals surface area contributed by atoms with Crippen molar-refractivity contribution in [2.45, 2.75) is 13.1 Å². The minimum Gasteiger partial charge on any atom is -0.378 e. The molecule has 5 nitrogen and oxygen atoms in total. The minimum atomic E-state index is -0.885. The highest BCUT2D eigenvalue weighted by molar-refractivity contribution is 5.73. The third-order valence-electron chi connectivity index (χ3n) is 2.47. The van der Waals surface area contributed by atoms with Crippen LogP contribution in [0.15, 0.2) is 30.6 Å². The van der Waals surface area contributed by atoms with Crippen LogP contribution < -0.4 is 11.1 Å². The Bertz CT molecular complexity index is 597. The first kappa shape index (κ1) is 13.0. The summed E-state index contributed by atoms with van der Waals surface area (Å²) in [6, 6.07) is 3.98. The van der Waals surface area contributed by atoms with Crippen LogP contribution in [0.4, 0.5) is 14.5 Å². The molecule has 7 heteroatoms. The van der Waals surface area contributed by atoms with Gasteiger partial charge >= 0.3 is 0 Å². The van der Waals surface area contributed by atoms with E-state index in [-0.39, 0.29) is 18.7 Å². The number of aromatic nitrogens is 2. The van der Waals surface area contributed by atoms with Gasteiger partial charge < -0.3 is 11.1 Å². The number of benzene rings is 1. The molecule has 0 aliphatic heterocycles. The number of hydrogen-bond acceptors (Lipinski definition) is 3. The number of halogens is 2. The van der Waals surface area contributed by atoms with E-state index in [0.717, 1.165) is 6.07 Å². The molecule has 3 N–H and O–H groups in total. The van der Waals surface area contributed by atoms with Crippen molar-refractivity contribution in [1.29, 1.82) is 0 Å². The van der Waals surface area contributed by atoms with Gasteiger partial charge in [-0.2, -0.15) is 5.10 Å². The zero-order valence-electron chi connectivity index (χ0n) is 9.94. The van der Waals surface area contributed by atoms with Crippen molar-refractivity contribution in [2.75, 3.05) is 5.32 Å². The average molecular weight is 266 g/mol. The van der Waals surface area contributed by atoms with Crippen molar-refractivity contribution in [3.63, 3.8) is 0 Å². The van der Waals surface area contributed by atoms with E-state index in [0.29, 0.717) is 5.69 Å². The predicted octanol–water partition coefficient (Wildman–Crippen LogP) is 1.26. The molecular formula is C12H12F2N4O. The second-order valence-electron chi connectivity index (χ2n) is 3.96. The zero-order valence-corrected chi connectivity index (χ0v) is 9.94. The average Bonchev–Trinajstić information content (AvgIpc) is 2.78. The molecule has 0 bridgehead atoms. The Labute approximate surface area is 108 Å². The van der Waals surface area contributed by atoms with Crippen LogP contribution >= 0.6 is 0 Å². The number of anilines is 1. The molecule has 0 aliphatic carbocycles. The fraction of sp³-hybridized carbons (Fsp3) is 0.167. The van der Waals surface area contributed by atoms with Gasteiger partial charge in [-0.1, -0.05) is 12.1 Å². The Kier molecular flexibility index (Phi) is 3.74. The molecule has 1 aromatic heterocycles. The first-order valence-electron chi connectivity index (χ1n) is 5.54. The summed E-state index contributed by atoms with van der Waals surface area (Å²) in [6.07, 6.45) is 3.03. The van der Waals surface area contributed by atoms with Crippen molar-refractivity contribution in [1.82, 2.24) is 9.78 Å². The highest BCUT2D eigenvalue weighted by Crippen LogP contribution is 2.13. The molecular weight excluding hydrogens is 254 g/mol. The molecule has 0 saturated heterocycles. The Morgan fingerprint density at radius 1 is 1.42 bits per heavy atom. The first-order chi connectivity index (χ1) is 9.06. The molecule has 2 rings (SSSR count). The Morgan fingerprint density at radius 2 is 2.21 bits per heavy atom. The number of hydrogen-bond donors (Lipinski definition) is 2. The number of carbonyl (C=O) groups excluding carboxylic acids is 1. The van der Waals surface area contributed by atoms with E-state index in [9.17, 15) is 13.6 Å². The van der Waals surface area contributed by atoms with E-state index >= 15 is 0 Å². The van der Waals surface area contributed by atoms with Crippen molar-refractivity contribution in [2.24, 2.45) is 5.73 Å². The second kappa shape index (κ2) is 5.47. The molecule has 0 atom stereocenters. The topological polar surface area (TPSA) is 72.9 Å². The molecule has 100 valence electrons. The summed E-state index contributed by atoms with van der Waals surface area (Å²) in [5, 5.41) is 6.77. The van der Waals surface area contributed by atoms with Crippen LogP contribution in [0.2, 0.25) is 0 Å². The standard InChI is InChI=1S/C12H12F2N4O/c13-10-3-1-2-8(12(10)14)4-16-9-5-17-18(6-9)7-11(15)19/h1-3,5-6,16H,4,7H2,(H2,15,19).